The highest BCUT2D eigenvalue weighted by Gasteiger charge is 2.18. The molecule has 2 N–H and O–H groups in total. The van der Waals surface area contributed by atoms with Crippen molar-refractivity contribution in [3.8, 4) is 0 Å². The molecule has 1 aromatic carbocycles. The average Bonchev–Trinajstić information content (AvgIpc) is 2.37. The lowest BCUT2D eigenvalue weighted by Gasteiger charge is -2.13. The number of carbonyl (C=O) groups excluding carboxylic acids is 3. The Morgan fingerprint density at radius 2 is 1.84 bits per heavy atom. The van der Waals surface area contributed by atoms with Crippen LogP contribution in [0.15, 0.2) is 24.3 Å². The van der Waals surface area contributed by atoms with Crippen molar-refractivity contribution in [3.63, 3.8) is 0 Å². The summed E-state index contributed by atoms with van der Waals surface area (Å²) in [6.45, 7) is 2.87. The Kier molecular flexibility index (Phi) is 5.05. The summed E-state index contributed by atoms with van der Waals surface area (Å²) < 4.78 is 4.52. The number of anilines is 1. The molecule has 19 heavy (non-hydrogen) atoms. The zero-order chi connectivity index (χ0) is 14.4. The number of para-hydroxylation sites is 1. The smallest absolute Gasteiger partial charge is 0.328 e. The highest BCUT2D eigenvalue weighted by Crippen LogP contribution is 2.15. The van der Waals surface area contributed by atoms with Crippen LogP contribution in [0.1, 0.15) is 24.2 Å². The number of ether oxygens (including phenoxy) is 1. The minimum Gasteiger partial charge on any atom is -0.467 e. The fraction of sp³-hybridized carbons (Fsp3) is 0.308. The predicted molar refractivity (Wildman–Crippen MR) is 69.7 cm³/mol. The molecule has 0 aliphatic carbocycles. The van der Waals surface area contributed by atoms with Crippen molar-refractivity contribution in [2.75, 3.05) is 12.4 Å². The molecule has 1 aromatic rings. The zero-order valence-corrected chi connectivity index (χ0v) is 11.0. The third-order valence-electron chi connectivity index (χ3n) is 2.38. The highest BCUT2D eigenvalue weighted by molar-refractivity contribution is 6.04. The van der Waals surface area contributed by atoms with E-state index in [0.717, 1.165) is 0 Å². The van der Waals surface area contributed by atoms with Gasteiger partial charge in [-0.3, -0.25) is 9.59 Å². The number of nitrogens with one attached hydrogen (secondary N) is 2. The molecule has 0 saturated heterocycles. The summed E-state index contributed by atoms with van der Waals surface area (Å²) in [4.78, 5) is 34.3. The van der Waals surface area contributed by atoms with E-state index < -0.39 is 17.9 Å². The topological polar surface area (TPSA) is 84.5 Å². The van der Waals surface area contributed by atoms with E-state index in [-0.39, 0.29) is 11.5 Å². The molecule has 0 aliphatic heterocycles. The van der Waals surface area contributed by atoms with Gasteiger partial charge in [-0.2, -0.15) is 0 Å². The Hall–Kier alpha value is -2.37. The van der Waals surface area contributed by atoms with Gasteiger partial charge in [-0.15, -0.1) is 0 Å². The molecule has 102 valence electrons. The summed E-state index contributed by atoms with van der Waals surface area (Å²) in [6, 6.07) is 5.78. The van der Waals surface area contributed by atoms with Crippen molar-refractivity contribution >= 4 is 23.5 Å². The van der Waals surface area contributed by atoms with Gasteiger partial charge in [0.1, 0.15) is 6.04 Å². The second-order valence-electron chi connectivity index (χ2n) is 3.95. The van der Waals surface area contributed by atoms with Crippen molar-refractivity contribution < 1.29 is 19.1 Å². The van der Waals surface area contributed by atoms with E-state index in [1.807, 2.05) is 0 Å². The minimum atomic E-state index is -0.761. The van der Waals surface area contributed by atoms with Crippen molar-refractivity contribution in [1.82, 2.24) is 5.32 Å². The van der Waals surface area contributed by atoms with E-state index in [2.05, 4.69) is 15.4 Å². The van der Waals surface area contributed by atoms with Crippen LogP contribution in [0, 0.1) is 0 Å². The Bertz CT molecular complexity index is 499. The van der Waals surface area contributed by atoms with E-state index in [1.165, 1.54) is 21.0 Å². The van der Waals surface area contributed by atoms with E-state index in [1.54, 1.807) is 24.3 Å². The second-order valence-corrected chi connectivity index (χ2v) is 3.95. The molecular weight excluding hydrogens is 248 g/mol. The maximum atomic E-state index is 12.0. The average molecular weight is 264 g/mol. The summed E-state index contributed by atoms with van der Waals surface area (Å²) in [5.74, 6) is -1.27. The monoisotopic (exact) mass is 264 g/mol. The third kappa shape index (κ3) is 4.09. The molecule has 0 heterocycles. The molecular formula is C13H16N2O4. The van der Waals surface area contributed by atoms with Crippen LogP contribution in [-0.2, 0) is 14.3 Å². The largest absolute Gasteiger partial charge is 0.467 e. The van der Waals surface area contributed by atoms with Crippen LogP contribution < -0.4 is 10.6 Å². The van der Waals surface area contributed by atoms with Crippen molar-refractivity contribution in [2.24, 2.45) is 0 Å². The van der Waals surface area contributed by atoms with Gasteiger partial charge in [0, 0.05) is 6.92 Å². The molecule has 0 unspecified atom stereocenters. The first-order valence-corrected chi connectivity index (χ1v) is 5.71. The number of methoxy groups -OCH3 is 1. The van der Waals surface area contributed by atoms with Crippen LogP contribution >= 0.6 is 0 Å². The van der Waals surface area contributed by atoms with Crippen LogP contribution in [0.5, 0.6) is 0 Å². The molecule has 0 aliphatic rings. The molecule has 0 radical (unpaired) electrons. The first kappa shape index (κ1) is 14.7. The molecule has 6 heteroatoms. The summed E-state index contributed by atoms with van der Waals surface area (Å²) in [6.07, 6.45) is 0. The predicted octanol–water partition coefficient (Wildman–Crippen LogP) is 0.936. The van der Waals surface area contributed by atoms with Gasteiger partial charge in [-0.25, -0.2) is 4.79 Å². The first-order chi connectivity index (χ1) is 8.95. The summed E-state index contributed by atoms with van der Waals surface area (Å²) >= 11 is 0. The highest BCUT2D eigenvalue weighted by atomic mass is 16.5. The number of amides is 2. The van der Waals surface area contributed by atoms with E-state index >= 15 is 0 Å². The molecule has 1 rings (SSSR count). The van der Waals surface area contributed by atoms with Crippen LogP contribution in [0.3, 0.4) is 0 Å². The van der Waals surface area contributed by atoms with Gasteiger partial charge in [-0.05, 0) is 19.1 Å². The molecule has 2 amide bonds. The lowest BCUT2D eigenvalue weighted by Crippen LogP contribution is -2.39. The molecule has 0 fully saturated rings. The van der Waals surface area contributed by atoms with E-state index in [9.17, 15) is 14.4 Å². The number of benzene rings is 1. The quantitative estimate of drug-likeness (QED) is 0.792. The maximum absolute atomic E-state index is 12.0. The Morgan fingerprint density at radius 1 is 1.21 bits per heavy atom. The Morgan fingerprint density at radius 3 is 2.42 bits per heavy atom. The number of hydrogen-bond acceptors (Lipinski definition) is 4. The van der Waals surface area contributed by atoms with Gasteiger partial charge in [0.15, 0.2) is 0 Å². The summed E-state index contributed by atoms with van der Waals surface area (Å²) in [7, 11) is 1.25. The number of esters is 1. The second kappa shape index (κ2) is 6.53. The van der Waals surface area contributed by atoms with Crippen molar-refractivity contribution in [2.45, 2.75) is 19.9 Å². The molecule has 1 atom stereocenters. The number of rotatable bonds is 4. The number of hydrogen-bond donors (Lipinski definition) is 2. The van der Waals surface area contributed by atoms with Crippen molar-refractivity contribution in [1.29, 1.82) is 0 Å². The van der Waals surface area contributed by atoms with E-state index in [0.29, 0.717) is 5.69 Å². The van der Waals surface area contributed by atoms with Gasteiger partial charge in [0.25, 0.3) is 5.91 Å². The fourth-order valence-corrected chi connectivity index (χ4v) is 1.49. The van der Waals surface area contributed by atoms with E-state index in [4.69, 9.17) is 0 Å². The molecule has 0 spiro atoms. The standard InChI is InChI=1S/C13H16N2O4/c1-8(13(18)19-3)14-12(17)10-6-4-5-7-11(10)15-9(2)16/h4-8H,1-3H3,(H,14,17)(H,15,16)/t8-/m0/s1. The lowest BCUT2D eigenvalue weighted by molar-refractivity contribution is -0.142. The van der Waals surface area contributed by atoms with Crippen LogP contribution in [0.25, 0.3) is 0 Å². The molecule has 0 saturated carbocycles. The Balaban J connectivity index is 2.87. The van der Waals surface area contributed by atoms with Gasteiger partial charge in [0.2, 0.25) is 5.91 Å². The van der Waals surface area contributed by atoms with Crippen LogP contribution in [-0.4, -0.2) is 30.9 Å². The van der Waals surface area contributed by atoms with Gasteiger partial charge < -0.3 is 15.4 Å². The minimum absolute atomic E-state index is 0.277. The molecule has 0 bridgehead atoms. The third-order valence-corrected chi connectivity index (χ3v) is 2.38. The normalized spacial score (nSPS) is 11.3. The van der Waals surface area contributed by atoms with Crippen molar-refractivity contribution in [3.05, 3.63) is 29.8 Å². The van der Waals surface area contributed by atoms with Gasteiger partial charge in [0.05, 0.1) is 18.4 Å². The van der Waals surface area contributed by atoms with Crippen LogP contribution in [0.2, 0.25) is 0 Å². The summed E-state index contributed by atoms with van der Waals surface area (Å²) in [5, 5.41) is 5.05. The Labute approximate surface area is 111 Å². The SMILES string of the molecule is COC(=O)[C@H](C)NC(=O)c1ccccc1NC(C)=O. The number of carbonyl (C=O) groups is 3. The molecule has 0 aromatic heterocycles. The fourth-order valence-electron chi connectivity index (χ4n) is 1.49. The molecule has 6 nitrogen and oxygen atoms in total. The van der Waals surface area contributed by atoms with Crippen LogP contribution in [0.4, 0.5) is 5.69 Å². The maximum Gasteiger partial charge on any atom is 0.328 e. The summed E-state index contributed by atoms with van der Waals surface area (Å²) in [5.41, 5.74) is 0.679. The zero-order valence-electron chi connectivity index (χ0n) is 11.0. The lowest BCUT2D eigenvalue weighted by atomic mass is 10.1. The first-order valence-electron chi connectivity index (χ1n) is 5.71. The van der Waals surface area contributed by atoms with Gasteiger partial charge >= 0.3 is 5.97 Å². The van der Waals surface area contributed by atoms with Gasteiger partial charge in [-0.1, -0.05) is 12.1 Å².